The van der Waals surface area contributed by atoms with Gasteiger partial charge in [-0.25, -0.2) is 0 Å². The SMILES string of the molecule is C.C.CCCCC[B][I-]I.I[I-][B]CCCCCCC[B][I-]I.[2H]CC.[2H]C[2H].[2H]C[B][I-]I. The summed E-state index contributed by atoms with van der Waals surface area (Å²) in [6.45, 7) is 5.05. The summed E-state index contributed by atoms with van der Waals surface area (Å²) < 4.78 is 24.5. The molecule has 0 aromatic carbocycles. The second-order valence-corrected chi connectivity index (χ2v) is 22.8. The van der Waals surface area contributed by atoms with E-state index in [0.29, 0.717) is 64.7 Å². The summed E-state index contributed by atoms with van der Waals surface area (Å²) in [5.74, 6) is 0. The van der Waals surface area contributed by atoms with Crippen molar-refractivity contribution < 1.29 is 73.5 Å². The van der Waals surface area contributed by atoms with Crippen LogP contribution >= 0.6 is 74.5 Å². The topological polar surface area (TPSA) is 0 Å². The van der Waals surface area contributed by atoms with E-state index in [1.54, 1.807) is 6.92 Å². The van der Waals surface area contributed by atoms with Gasteiger partial charge in [0.25, 0.3) is 0 Å². The van der Waals surface area contributed by atoms with Crippen molar-refractivity contribution in [2.24, 2.45) is 0 Å². The molecule has 0 N–H and O–H groups in total. The molecule has 0 aromatic rings. The van der Waals surface area contributed by atoms with Crippen molar-refractivity contribution in [1.29, 1.82) is 0 Å². The Morgan fingerprint density at radius 3 is 1.27 bits per heavy atom. The van der Waals surface area contributed by atoms with Crippen molar-refractivity contribution >= 4 is 95.0 Å². The first-order valence-corrected chi connectivity index (χ1v) is 39.1. The van der Waals surface area contributed by atoms with Crippen LogP contribution in [0.5, 0.6) is 0 Å². The molecule has 0 aliphatic carbocycles. The molecule has 0 aromatic heterocycles. The van der Waals surface area contributed by atoms with E-state index in [0.717, 1.165) is 0 Å². The van der Waals surface area contributed by atoms with Crippen LogP contribution in [0.1, 0.15) is 99.8 Å². The molecule has 190 valence electrons. The minimum absolute atomic E-state index is 0. The van der Waals surface area contributed by atoms with Crippen molar-refractivity contribution in [3.63, 3.8) is 0 Å². The molecule has 0 saturated heterocycles. The van der Waals surface area contributed by atoms with Gasteiger partial charge in [0.1, 0.15) is 0 Å². The van der Waals surface area contributed by atoms with E-state index < -0.39 is 0 Å². The van der Waals surface area contributed by atoms with Gasteiger partial charge in [-0.3, -0.25) is 0 Å². The van der Waals surface area contributed by atoms with E-state index in [1.807, 2.05) is 5.14 Å². The van der Waals surface area contributed by atoms with Crippen LogP contribution in [0.2, 0.25) is 25.8 Å². The molecule has 0 aliphatic rings. The van der Waals surface area contributed by atoms with Gasteiger partial charge in [-0.2, -0.15) is 0 Å². The van der Waals surface area contributed by atoms with Gasteiger partial charge in [-0.05, 0) is 0 Å². The summed E-state index contributed by atoms with van der Waals surface area (Å²) in [5, 5.41) is 9.45. The average molecular weight is 1330 g/mol. The van der Waals surface area contributed by atoms with Gasteiger partial charge in [0.05, 0.1) is 0 Å². The quantitative estimate of drug-likeness (QED) is 0.101. The molecule has 0 bridgehead atoms. The minimum atomic E-state index is -0.250. The summed E-state index contributed by atoms with van der Waals surface area (Å²) in [7, 11) is -0.250. The van der Waals surface area contributed by atoms with Gasteiger partial charge in [-0.1, -0.05) is 36.1 Å². The van der Waals surface area contributed by atoms with Crippen molar-refractivity contribution in [2.75, 3.05) is 0 Å². The summed E-state index contributed by atoms with van der Waals surface area (Å²) in [4.78, 5) is 0. The molecule has 0 heterocycles. The first-order chi connectivity index (χ1) is 15.6. The van der Waals surface area contributed by atoms with Crippen LogP contribution in [0.15, 0.2) is 0 Å². The summed E-state index contributed by atoms with van der Waals surface area (Å²) in [6.07, 6.45) is 15.5. The second-order valence-electron chi connectivity index (χ2n) is 4.79. The van der Waals surface area contributed by atoms with Crippen molar-refractivity contribution in [1.82, 2.24) is 0 Å². The Morgan fingerprint density at radius 2 is 1.03 bits per heavy atom. The summed E-state index contributed by atoms with van der Waals surface area (Å²) in [6, 6.07) is 0. The number of unbranched alkanes of at least 4 members (excludes halogenated alkanes) is 6. The maximum absolute atomic E-state index is 6.57. The molecule has 30 heavy (non-hydrogen) atoms. The third-order valence-corrected chi connectivity index (χ3v) is 14.9. The Labute approximate surface area is 282 Å². The molecule has 4 radical (unpaired) electrons. The Morgan fingerprint density at radius 1 is 0.700 bits per heavy atom. The predicted molar refractivity (Wildman–Crippen MR) is 174 cm³/mol. The number of halogens is 8. The Balaban J connectivity index is -0.0000000598. The summed E-state index contributed by atoms with van der Waals surface area (Å²) >= 11 is 11.4. The average Bonchev–Trinajstić information content (AvgIpc) is 2.78. The molecular formula is C18H46B4I8-4. The molecule has 0 unspecified atom stereocenters. The van der Waals surface area contributed by atoms with Crippen LogP contribution in [0, 0.1) is 0 Å². The molecule has 0 aliphatic heterocycles. The van der Waals surface area contributed by atoms with E-state index in [1.165, 1.54) is 70.3 Å². The fourth-order valence-electron chi connectivity index (χ4n) is 1.57. The van der Waals surface area contributed by atoms with Gasteiger partial charge in [0.2, 0.25) is 0 Å². The summed E-state index contributed by atoms with van der Waals surface area (Å²) in [5.41, 5.74) is 0. The van der Waals surface area contributed by atoms with Crippen LogP contribution < -0.4 is 68.1 Å². The normalized spacial score (nSPS) is 9.93. The monoisotopic (exact) mass is 1330 g/mol. The zero-order valence-corrected chi connectivity index (χ0v) is 34.5. The predicted octanol–water partition coefficient (Wildman–Crippen LogP) is -1.43. The molecule has 0 nitrogen and oxygen atoms in total. The van der Waals surface area contributed by atoms with Crippen molar-refractivity contribution in [3.05, 3.63) is 0 Å². The zero-order valence-electron chi connectivity index (χ0n) is 21.2. The van der Waals surface area contributed by atoms with Gasteiger partial charge < -0.3 is 0 Å². The first kappa shape index (κ1) is 40.6. The molecule has 12 heteroatoms. The number of hydrogen-bond acceptors (Lipinski definition) is 0. The number of hydrogen-bond donors (Lipinski definition) is 0. The molecule has 0 amide bonds. The standard InChI is InChI=1S/C7H14B2I4.C5H11BI2.C2H6.CH3BI2.3CH4/c10-12-8-6-4-2-1-3-5-7-9-13-11;1-2-3-4-5-6-8-7;1-2;1-2-4-3;;;/h1-7H2;2-5H2,1H3;1-2H3;1H3;3*1H4/q-2;-1;;-1;;;/i;;2*1D;1D2;;. The van der Waals surface area contributed by atoms with E-state index in [4.69, 9.17) is 5.48 Å². The Hall–Kier alpha value is 6.10. The van der Waals surface area contributed by atoms with Gasteiger partial charge in [0.15, 0.2) is 0 Å². The van der Waals surface area contributed by atoms with Crippen LogP contribution in [0.3, 0.4) is 0 Å². The van der Waals surface area contributed by atoms with Gasteiger partial charge in [-0.15, -0.1) is 0 Å². The Bertz CT molecular complexity index is 234. The van der Waals surface area contributed by atoms with Crippen LogP contribution in [0.25, 0.3) is 0 Å². The van der Waals surface area contributed by atoms with E-state index in [-0.39, 0.29) is 39.2 Å². The molecule has 0 rings (SSSR count). The fraction of sp³-hybridized carbons (Fsp3) is 1.00. The fourth-order valence-corrected chi connectivity index (χ4v) is 8.33. The van der Waals surface area contributed by atoms with E-state index in [2.05, 4.69) is 96.8 Å². The third-order valence-electron chi connectivity index (χ3n) is 2.78. The van der Waals surface area contributed by atoms with Crippen LogP contribution in [0.4, 0.5) is 0 Å². The van der Waals surface area contributed by atoms with E-state index in [9.17, 15) is 0 Å². The van der Waals surface area contributed by atoms with Gasteiger partial charge >= 0.3 is 248 Å². The second kappa shape index (κ2) is 64.8. The molecule has 0 spiro atoms. The Kier molecular flexibility index (Phi) is 87.7. The molecule has 0 fully saturated rings. The van der Waals surface area contributed by atoms with Crippen molar-refractivity contribution in [2.45, 2.75) is 120 Å². The zero-order chi connectivity index (χ0) is 25.6. The third kappa shape index (κ3) is 76.5. The molecule has 0 saturated carbocycles. The maximum atomic E-state index is 6.57. The van der Waals surface area contributed by atoms with Crippen molar-refractivity contribution in [3.8, 4) is 0 Å². The molecular weight excluding hydrogens is 1270 g/mol. The van der Waals surface area contributed by atoms with Gasteiger partial charge in [0, 0.05) is 4.11 Å². The first-order valence-electron chi connectivity index (χ1n) is 11.8. The van der Waals surface area contributed by atoms with Crippen LogP contribution in [-0.2, 0) is 0 Å². The van der Waals surface area contributed by atoms with E-state index >= 15 is 0 Å². The van der Waals surface area contributed by atoms with Crippen LogP contribution in [-0.4, -0.2) is 20.5 Å². The number of rotatable bonds is 16. The molecule has 0 atom stereocenters.